The summed E-state index contributed by atoms with van der Waals surface area (Å²) >= 11 is 0. The minimum atomic E-state index is -0.269. The van der Waals surface area contributed by atoms with Gasteiger partial charge < -0.3 is 16.0 Å². The van der Waals surface area contributed by atoms with Crippen molar-refractivity contribution in [3.8, 4) is 0 Å². The van der Waals surface area contributed by atoms with Crippen LogP contribution in [-0.4, -0.2) is 43.5 Å². The zero-order chi connectivity index (χ0) is 12.8. The maximum Gasteiger partial charge on any atom is 0.235 e. The Morgan fingerprint density at radius 1 is 1.44 bits per heavy atom. The second-order valence-corrected chi connectivity index (χ2v) is 5.67. The second-order valence-electron chi connectivity index (χ2n) is 5.67. The van der Waals surface area contributed by atoms with E-state index in [4.69, 9.17) is 5.73 Å². The van der Waals surface area contributed by atoms with Crippen LogP contribution in [0.15, 0.2) is 0 Å². The monoisotopic (exact) mass is 229 g/mol. The van der Waals surface area contributed by atoms with Crippen LogP contribution in [0.4, 0.5) is 0 Å². The molecule has 0 aliphatic heterocycles. The number of carbonyl (C=O) groups is 1. The van der Waals surface area contributed by atoms with Crippen LogP contribution in [0.25, 0.3) is 0 Å². The van der Waals surface area contributed by atoms with E-state index < -0.39 is 0 Å². The topological polar surface area (TPSA) is 58.4 Å². The average Bonchev–Trinajstić information content (AvgIpc) is 2.08. The molecule has 0 aliphatic carbocycles. The van der Waals surface area contributed by atoms with Crippen molar-refractivity contribution in [3.05, 3.63) is 0 Å². The van der Waals surface area contributed by atoms with Crippen molar-refractivity contribution in [1.29, 1.82) is 0 Å². The maximum absolute atomic E-state index is 11.2. The van der Waals surface area contributed by atoms with Crippen LogP contribution in [0.5, 0.6) is 0 Å². The lowest BCUT2D eigenvalue weighted by atomic mass is 9.96. The normalized spacial score (nSPS) is 14.1. The van der Waals surface area contributed by atoms with Crippen molar-refractivity contribution >= 4 is 5.91 Å². The SMILES string of the molecule is CCCNC(CN(C)CC(C)(C)C)C(N)=O. The molecule has 0 aromatic heterocycles. The molecule has 1 atom stereocenters. The van der Waals surface area contributed by atoms with Gasteiger partial charge in [0.15, 0.2) is 0 Å². The Balaban J connectivity index is 4.13. The molecule has 0 aliphatic rings. The first-order valence-corrected chi connectivity index (χ1v) is 5.97. The number of nitrogens with one attached hydrogen (secondary N) is 1. The zero-order valence-electron chi connectivity index (χ0n) is 11.3. The molecule has 1 unspecified atom stereocenters. The molecule has 0 saturated heterocycles. The molecule has 3 N–H and O–H groups in total. The smallest absolute Gasteiger partial charge is 0.235 e. The highest BCUT2D eigenvalue weighted by atomic mass is 16.1. The lowest BCUT2D eigenvalue weighted by Gasteiger charge is -2.29. The van der Waals surface area contributed by atoms with Crippen LogP contribution >= 0.6 is 0 Å². The molecule has 0 heterocycles. The number of amides is 1. The van der Waals surface area contributed by atoms with E-state index in [1.807, 2.05) is 7.05 Å². The number of carbonyl (C=O) groups excluding carboxylic acids is 1. The van der Waals surface area contributed by atoms with Crippen molar-refractivity contribution in [3.63, 3.8) is 0 Å². The van der Waals surface area contributed by atoms with E-state index in [1.165, 1.54) is 0 Å². The van der Waals surface area contributed by atoms with E-state index >= 15 is 0 Å². The Morgan fingerprint density at radius 2 is 2.00 bits per heavy atom. The molecular formula is C12H27N3O. The first-order valence-electron chi connectivity index (χ1n) is 5.97. The summed E-state index contributed by atoms with van der Waals surface area (Å²) in [4.78, 5) is 13.4. The molecule has 0 radical (unpaired) electrons. The summed E-state index contributed by atoms with van der Waals surface area (Å²) in [6.07, 6.45) is 1.01. The quantitative estimate of drug-likeness (QED) is 0.679. The predicted molar refractivity (Wildman–Crippen MR) is 68.2 cm³/mol. The lowest BCUT2D eigenvalue weighted by Crippen LogP contribution is -2.49. The van der Waals surface area contributed by atoms with Crippen molar-refractivity contribution in [2.75, 3.05) is 26.7 Å². The van der Waals surface area contributed by atoms with Gasteiger partial charge in [0.1, 0.15) is 0 Å². The fourth-order valence-electron chi connectivity index (χ4n) is 1.76. The molecular weight excluding hydrogens is 202 g/mol. The highest BCUT2D eigenvalue weighted by Crippen LogP contribution is 2.14. The van der Waals surface area contributed by atoms with Gasteiger partial charge in [-0.25, -0.2) is 0 Å². The third-order valence-corrected chi connectivity index (χ3v) is 2.22. The van der Waals surface area contributed by atoms with Crippen molar-refractivity contribution in [1.82, 2.24) is 10.2 Å². The predicted octanol–water partition coefficient (Wildman–Crippen LogP) is 0.818. The molecule has 0 aromatic rings. The number of hydrogen-bond donors (Lipinski definition) is 2. The summed E-state index contributed by atoms with van der Waals surface area (Å²) in [5.74, 6) is -0.269. The molecule has 16 heavy (non-hydrogen) atoms. The van der Waals surface area contributed by atoms with Gasteiger partial charge in [-0.1, -0.05) is 27.7 Å². The molecule has 0 spiro atoms. The van der Waals surface area contributed by atoms with Gasteiger partial charge in [-0.2, -0.15) is 0 Å². The van der Waals surface area contributed by atoms with E-state index in [0.717, 1.165) is 19.5 Å². The summed E-state index contributed by atoms with van der Waals surface area (Å²) in [5, 5.41) is 3.17. The van der Waals surface area contributed by atoms with Gasteiger partial charge in [-0.3, -0.25) is 4.79 Å². The van der Waals surface area contributed by atoms with E-state index in [0.29, 0.717) is 6.54 Å². The zero-order valence-corrected chi connectivity index (χ0v) is 11.3. The fraction of sp³-hybridized carbons (Fsp3) is 0.917. The average molecular weight is 229 g/mol. The Hall–Kier alpha value is -0.610. The maximum atomic E-state index is 11.2. The molecule has 0 fully saturated rings. The number of primary amides is 1. The molecule has 0 bridgehead atoms. The summed E-state index contributed by atoms with van der Waals surface area (Å²) in [6, 6.07) is -0.243. The van der Waals surface area contributed by atoms with Crippen LogP contribution in [-0.2, 0) is 4.79 Å². The van der Waals surface area contributed by atoms with Gasteiger partial charge in [-0.05, 0) is 25.4 Å². The standard InChI is InChI=1S/C12H27N3O/c1-6-7-14-10(11(13)16)8-15(5)9-12(2,3)4/h10,14H,6-9H2,1-5H3,(H2,13,16). The van der Waals surface area contributed by atoms with Gasteiger partial charge >= 0.3 is 0 Å². The first-order chi connectivity index (χ1) is 7.26. The number of nitrogens with two attached hydrogens (primary N) is 1. The number of hydrogen-bond acceptors (Lipinski definition) is 3. The third kappa shape index (κ3) is 7.65. The largest absolute Gasteiger partial charge is 0.368 e. The van der Waals surface area contributed by atoms with Crippen molar-refractivity contribution in [2.24, 2.45) is 11.1 Å². The van der Waals surface area contributed by atoms with Crippen LogP contribution in [0.2, 0.25) is 0 Å². The Bertz CT molecular complexity index is 211. The molecule has 1 amide bonds. The number of likely N-dealkylation sites (N-methyl/N-ethyl adjacent to an activating group) is 1. The van der Waals surface area contributed by atoms with Gasteiger partial charge in [-0.15, -0.1) is 0 Å². The second kappa shape index (κ2) is 6.86. The summed E-state index contributed by atoms with van der Waals surface area (Å²) in [6.45, 7) is 11.1. The first kappa shape index (κ1) is 15.4. The van der Waals surface area contributed by atoms with Gasteiger partial charge in [0.2, 0.25) is 5.91 Å². The summed E-state index contributed by atoms with van der Waals surface area (Å²) < 4.78 is 0. The van der Waals surface area contributed by atoms with Crippen LogP contribution in [0.3, 0.4) is 0 Å². The van der Waals surface area contributed by atoms with Crippen LogP contribution in [0.1, 0.15) is 34.1 Å². The Morgan fingerprint density at radius 3 is 2.38 bits per heavy atom. The molecule has 0 aromatic carbocycles. The lowest BCUT2D eigenvalue weighted by molar-refractivity contribution is -0.120. The molecule has 4 heteroatoms. The Labute approximate surface area is 99.6 Å². The van der Waals surface area contributed by atoms with Crippen molar-refractivity contribution in [2.45, 2.75) is 40.2 Å². The third-order valence-electron chi connectivity index (χ3n) is 2.22. The van der Waals surface area contributed by atoms with Gasteiger partial charge in [0.25, 0.3) is 0 Å². The molecule has 96 valence electrons. The molecule has 4 nitrogen and oxygen atoms in total. The van der Waals surface area contributed by atoms with E-state index in [9.17, 15) is 4.79 Å². The van der Waals surface area contributed by atoms with Gasteiger partial charge in [0, 0.05) is 13.1 Å². The van der Waals surface area contributed by atoms with E-state index in [2.05, 4.69) is 37.9 Å². The highest BCUT2D eigenvalue weighted by Gasteiger charge is 2.19. The van der Waals surface area contributed by atoms with Crippen LogP contribution in [0, 0.1) is 5.41 Å². The summed E-state index contributed by atoms with van der Waals surface area (Å²) in [5.41, 5.74) is 5.60. The molecule has 0 saturated carbocycles. The molecule has 0 rings (SSSR count). The highest BCUT2D eigenvalue weighted by molar-refractivity contribution is 5.80. The summed E-state index contributed by atoms with van der Waals surface area (Å²) in [7, 11) is 2.02. The number of rotatable bonds is 7. The van der Waals surface area contributed by atoms with E-state index in [1.54, 1.807) is 0 Å². The van der Waals surface area contributed by atoms with Crippen LogP contribution < -0.4 is 11.1 Å². The van der Waals surface area contributed by atoms with E-state index in [-0.39, 0.29) is 17.4 Å². The number of nitrogens with zero attached hydrogens (tertiary/aromatic N) is 1. The fourth-order valence-corrected chi connectivity index (χ4v) is 1.76. The van der Waals surface area contributed by atoms with Gasteiger partial charge in [0.05, 0.1) is 6.04 Å². The minimum absolute atomic E-state index is 0.238. The minimum Gasteiger partial charge on any atom is -0.368 e. The Kier molecular flexibility index (Phi) is 6.60. The van der Waals surface area contributed by atoms with Crippen molar-refractivity contribution < 1.29 is 4.79 Å².